The molecule has 0 aliphatic rings. The first kappa shape index (κ1) is 18.9. The van der Waals surface area contributed by atoms with Crippen molar-refractivity contribution in [2.24, 2.45) is 7.05 Å². The van der Waals surface area contributed by atoms with E-state index in [9.17, 15) is 20.0 Å². The summed E-state index contributed by atoms with van der Waals surface area (Å²) in [6.45, 7) is 2.84. The molecule has 0 unspecified atom stereocenters. The third kappa shape index (κ3) is 3.50. The molecule has 0 bridgehead atoms. The van der Waals surface area contributed by atoms with Gasteiger partial charge < -0.3 is 19.4 Å². The van der Waals surface area contributed by atoms with Crippen molar-refractivity contribution < 1.29 is 19.4 Å². The summed E-state index contributed by atoms with van der Waals surface area (Å²) in [4.78, 5) is 31.1. The number of hydrogen-bond acceptors (Lipinski definition) is 6. The average Bonchev–Trinajstić information content (AvgIpc) is 3.25. The van der Waals surface area contributed by atoms with Crippen LogP contribution in [0.5, 0.6) is 0 Å². The summed E-state index contributed by atoms with van der Waals surface area (Å²) in [6, 6.07) is 10.5. The van der Waals surface area contributed by atoms with Gasteiger partial charge in [0.2, 0.25) is 0 Å². The zero-order valence-electron chi connectivity index (χ0n) is 15.6. The van der Waals surface area contributed by atoms with Crippen LogP contribution in [0.2, 0.25) is 0 Å². The Hall–Kier alpha value is -3.86. The molecule has 2 aromatic heterocycles. The summed E-state index contributed by atoms with van der Waals surface area (Å²) in [5.74, 6) is -1.14. The van der Waals surface area contributed by atoms with Crippen LogP contribution >= 0.6 is 0 Å². The van der Waals surface area contributed by atoms with Crippen molar-refractivity contribution >= 4 is 28.4 Å². The number of aliphatic hydroxyl groups is 1. The molecule has 2 heterocycles. The number of para-hydroxylation sites is 2. The van der Waals surface area contributed by atoms with Crippen molar-refractivity contribution in [3.63, 3.8) is 0 Å². The lowest BCUT2D eigenvalue weighted by molar-refractivity contribution is 0.0323. The largest absolute Gasteiger partial charge is 0.507 e. The number of ketones is 1. The van der Waals surface area contributed by atoms with Crippen molar-refractivity contribution in [2.45, 2.75) is 20.0 Å². The summed E-state index contributed by atoms with van der Waals surface area (Å²) in [6.07, 6.45) is 0.431. The quantitative estimate of drug-likeness (QED) is 0.304. The highest BCUT2D eigenvalue weighted by atomic mass is 16.6. The van der Waals surface area contributed by atoms with Crippen LogP contribution in [-0.4, -0.2) is 37.5 Å². The van der Waals surface area contributed by atoms with Gasteiger partial charge in [-0.2, -0.15) is 5.26 Å². The van der Waals surface area contributed by atoms with Gasteiger partial charge in [0.15, 0.2) is 23.5 Å². The van der Waals surface area contributed by atoms with E-state index in [1.807, 2.05) is 18.2 Å². The molecule has 0 spiro atoms. The number of benzene rings is 1. The summed E-state index contributed by atoms with van der Waals surface area (Å²) in [5, 5.41) is 19.9. The fourth-order valence-electron chi connectivity index (χ4n) is 2.74. The summed E-state index contributed by atoms with van der Waals surface area (Å²) < 4.78 is 6.75. The van der Waals surface area contributed by atoms with E-state index in [4.69, 9.17) is 4.74 Å². The standard InChI is InChI=1S/C20H18N4O4/c1-11(25)13-8-17(24(3)10-13)20(27)28-12(2)18(26)14(9-21)19-22-15-6-4-5-7-16(15)23-19/h4-8,10,12,26H,1-3H3,(H,22,23)/b18-14-/t12-/m1/s1. The number of hydrogen-bond donors (Lipinski definition) is 2. The molecule has 2 N–H and O–H groups in total. The minimum absolute atomic E-state index is 0.118. The van der Waals surface area contributed by atoms with E-state index in [-0.39, 0.29) is 22.9 Å². The Morgan fingerprint density at radius 2 is 2.07 bits per heavy atom. The number of esters is 1. The van der Waals surface area contributed by atoms with Crippen LogP contribution < -0.4 is 0 Å². The number of rotatable bonds is 5. The maximum Gasteiger partial charge on any atom is 0.355 e. The number of aryl methyl sites for hydroxylation is 1. The number of Topliss-reactive ketones (excluding diaryl/α,β-unsaturated/α-hetero) is 1. The van der Waals surface area contributed by atoms with Crippen molar-refractivity contribution in [1.82, 2.24) is 14.5 Å². The lowest BCUT2D eigenvalue weighted by Gasteiger charge is -2.13. The van der Waals surface area contributed by atoms with Crippen LogP contribution in [0.3, 0.4) is 0 Å². The zero-order valence-corrected chi connectivity index (χ0v) is 15.6. The van der Waals surface area contributed by atoms with E-state index in [0.29, 0.717) is 16.6 Å². The summed E-state index contributed by atoms with van der Waals surface area (Å²) >= 11 is 0. The van der Waals surface area contributed by atoms with Crippen LogP contribution in [0, 0.1) is 11.3 Å². The number of fused-ring (bicyclic) bond motifs is 1. The minimum Gasteiger partial charge on any atom is -0.507 e. The monoisotopic (exact) mass is 378 g/mol. The molecule has 28 heavy (non-hydrogen) atoms. The number of allylic oxidation sites excluding steroid dienone is 1. The fraction of sp³-hybridized carbons (Fsp3) is 0.200. The molecule has 8 heteroatoms. The van der Waals surface area contributed by atoms with Gasteiger partial charge in [0.25, 0.3) is 0 Å². The Labute approximate surface area is 160 Å². The van der Waals surface area contributed by atoms with Gasteiger partial charge in [0, 0.05) is 18.8 Å². The number of nitriles is 1. The number of aromatic amines is 1. The van der Waals surface area contributed by atoms with E-state index in [1.54, 1.807) is 19.2 Å². The van der Waals surface area contributed by atoms with Gasteiger partial charge in [0.05, 0.1) is 11.0 Å². The van der Waals surface area contributed by atoms with Crippen LogP contribution in [-0.2, 0) is 11.8 Å². The highest BCUT2D eigenvalue weighted by molar-refractivity contribution is 5.97. The molecule has 0 aliphatic carbocycles. The first-order valence-electron chi connectivity index (χ1n) is 8.48. The van der Waals surface area contributed by atoms with E-state index < -0.39 is 17.8 Å². The number of ether oxygens (including phenoxy) is 1. The number of aliphatic hydroxyl groups excluding tert-OH is 1. The molecule has 3 aromatic rings. The second kappa shape index (κ2) is 7.40. The second-order valence-corrected chi connectivity index (χ2v) is 6.30. The Morgan fingerprint density at radius 3 is 2.68 bits per heavy atom. The molecule has 3 rings (SSSR count). The summed E-state index contributed by atoms with van der Waals surface area (Å²) in [7, 11) is 1.61. The van der Waals surface area contributed by atoms with E-state index in [0.717, 1.165) is 0 Å². The first-order valence-corrected chi connectivity index (χ1v) is 8.48. The third-order valence-corrected chi connectivity index (χ3v) is 4.28. The van der Waals surface area contributed by atoms with Gasteiger partial charge in [-0.3, -0.25) is 4.79 Å². The minimum atomic E-state index is -1.09. The van der Waals surface area contributed by atoms with Crippen molar-refractivity contribution in [1.29, 1.82) is 5.26 Å². The molecule has 0 fully saturated rings. The van der Waals surface area contributed by atoms with Crippen LogP contribution in [0.25, 0.3) is 16.6 Å². The smallest absolute Gasteiger partial charge is 0.355 e. The third-order valence-electron chi connectivity index (χ3n) is 4.28. The normalized spacial score (nSPS) is 12.9. The Bertz CT molecular complexity index is 1110. The number of nitrogens with zero attached hydrogens (tertiary/aromatic N) is 3. The SMILES string of the molecule is CC(=O)c1cc(C(=O)O[C@H](C)/C(O)=C(\C#N)c2nc3ccccc3[nH]2)n(C)c1. The molecule has 8 nitrogen and oxygen atoms in total. The fourth-order valence-corrected chi connectivity index (χ4v) is 2.74. The average molecular weight is 378 g/mol. The Morgan fingerprint density at radius 1 is 1.36 bits per heavy atom. The predicted octanol–water partition coefficient (Wildman–Crippen LogP) is 3.14. The molecule has 0 radical (unpaired) electrons. The maximum absolute atomic E-state index is 12.4. The highest BCUT2D eigenvalue weighted by Gasteiger charge is 2.23. The molecule has 0 aliphatic heterocycles. The zero-order chi connectivity index (χ0) is 20.4. The molecule has 0 amide bonds. The Kier molecular flexibility index (Phi) is 5.00. The molecule has 1 aromatic carbocycles. The molecular weight excluding hydrogens is 360 g/mol. The van der Waals surface area contributed by atoms with E-state index in [1.165, 1.54) is 30.7 Å². The number of imidazole rings is 1. The van der Waals surface area contributed by atoms with Crippen molar-refractivity contribution in [3.05, 3.63) is 59.4 Å². The van der Waals surface area contributed by atoms with Crippen molar-refractivity contribution in [2.75, 3.05) is 0 Å². The summed E-state index contributed by atoms with van der Waals surface area (Å²) in [5.41, 5.74) is 1.77. The lowest BCUT2D eigenvalue weighted by Crippen LogP contribution is -2.20. The number of carbonyl (C=O) groups excluding carboxylic acids is 2. The van der Waals surface area contributed by atoms with Gasteiger partial charge in [0.1, 0.15) is 17.3 Å². The van der Waals surface area contributed by atoms with Crippen LogP contribution in [0.15, 0.2) is 42.3 Å². The number of carbonyl (C=O) groups is 2. The van der Waals surface area contributed by atoms with Crippen LogP contribution in [0.4, 0.5) is 0 Å². The van der Waals surface area contributed by atoms with E-state index in [2.05, 4.69) is 9.97 Å². The topological polar surface area (TPSA) is 121 Å². The van der Waals surface area contributed by atoms with Crippen molar-refractivity contribution in [3.8, 4) is 6.07 Å². The van der Waals surface area contributed by atoms with Gasteiger partial charge in [-0.05, 0) is 32.0 Å². The van der Waals surface area contributed by atoms with Crippen LogP contribution in [0.1, 0.15) is 40.5 Å². The van der Waals surface area contributed by atoms with E-state index >= 15 is 0 Å². The van der Waals surface area contributed by atoms with Gasteiger partial charge in [-0.25, -0.2) is 9.78 Å². The number of H-pyrrole nitrogens is 1. The molecular formula is C20H18N4O4. The highest BCUT2D eigenvalue weighted by Crippen LogP contribution is 2.22. The predicted molar refractivity (Wildman–Crippen MR) is 102 cm³/mol. The maximum atomic E-state index is 12.4. The van der Waals surface area contributed by atoms with Gasteiger partial charge in [-0.1, -0.05) is 12.1 Å². The van der Waals surface area contributed by atoms with Gasteiger partial charge in [-0.15, -0.1) is 0 Å². The number of aromatic nitrogens is 3. The number of nitrogens with one attached hydrogen (secondary N) is 1. The molecule has 0 saturated carbocycles. The molecule has 142 valence electrons. The van der Waals surface area contributed by atoms with Gasteiger partial charge >= 0.3 is 5.97 Å². The lowest BCUT2D eigenvalue weighted by atomic mass is 10.1. The molecule has 0 saturated heterocycles. The second-order valence-electron chi connectivity index (χ2n) is 6.30. The molecule has 1 atom stereocenters. The first-order chi connectivity index (χ1) is 13.3. The Balaban J connectivity index is 1.87.